The highest BCUT2D eigenvalue weighted by Gasteiger charge is 2.06. The van der Waals surface area contributed by atoms with Gasteiger partial charge in [-0.3, -0.25) is 10.1 Å². The molecule has 4 rings (SSSR count). The number of aromatic amines is 1. The first-order chi connectivity index (χ1) is 15.2. The molecule has 0 radical (unpaired) electrons. The Labute approximate surface area is 178 Å². The third kappa shape index (κ3) is 5.75. The minimum atomic E-state index is -0.368. The van der Waals surface area contributed by atoms with Gasteiger partial charge in [0, 0.05) is 18.0 Å². The number of anilines is 3. The number of benzene rings is 1. The number of hydrogen-bond acceptors (Lipinski definition) is 7. The monoisotopic (exact) mass is 419 g/mol. The summed E-state index contributed by atoms with van der Waals surface area (Å²) < 4.78 is 18.2. The van der Waals surface area contributed by atoms with Crippen molar-refractivity contribution in [2.45, 2.75) is 19.4 Å². The van der Waals surface area contributed by atoms with Crippen molar-refractivity contribution < 1.29 is 9.13 Å². The smallest absolute Gasteiger partial charge is 0.224 e. The Bertz CT molecular complexity index is 1130. The van der Waals surface area contributed by atoms with E-state index in [0.717, 1.165) is 24.3 Å². The number of rotatable bonds is 9. The zero-order chi connectivity index (χ0) is 21.5. The molecule has 3 aromatic heterocycles. The summed E-state index contributed by atoms with van der Waals surface area (Å²) in [4.78, 5) is 12.6. The van der Waals surface area contributed by atoms with Crippen LogP contribution in [0.1, 0.15) is 17.0 Å². The largest absolute Gasteiger partial charge is 0.497 e. The van der Waals surface area contributed by atoms with Crippen molar-refractivity contribution in [3.63, 3.8) is 0 Å². The molecule has 0 saturated carbocycles. The van der Waals surface area contributed by atoms with Crippen LogP contribution in [-0.4, -0.2) is 32.3 Å². The van der Waals surface area contributed by atoms with Crippen LogP contribution in [0.5, 0.6) is 5.75 Å². The molecule has 0 aliphatic rings. The standard InChI is InChI=1S/C22H22FN7O/c1-31-19-4-2-3-15(11-19)5-7-17-12-21(30-29-17)27-20-9-10-24-22(28-20)26-14-18-8-6-16(23)13-25-18/h2-4,6,8-13H,5,7,14H2,1H3,(H3,24,26,27,28,29,30). The van der Waals surface area contributed by atoms with Crippen molar-refractivity contribution in [2.75, 3.05) is 17.7 Å². The predicted molar refractivity (Wildman–Crippen MR) is 116 cm³/mol. The Morgan fingerprint density at radius 3 is 2.81 bits per heavy atom. The molecule has 0 aliphatic carbocycles. The lowest BCUT2D eigenvalue weighted by Gasteiger charge is -2.06. The summed E-state index contributed by atoms with van der Waals surface area (Å²) in [5.41, 5.74) is 2.90. The van der Waals surface area contributed by atoms with Gasteiger partial charge in [-0.2, -0.15) is 10.1 Å². The van der Waals surface area contributed by atoms with Gasteiger partial charge in [-0.1, -0.05) is 12.1 Å². The van der Waals surface area contributed by atoms with E-state index in [1.165, 1.54) is 17.8 Å². The van der Waals surface area contributed by atoms with E-state index in [-0.39, 0.29) is 5.82 Å². The Balaban J connectivity index is 1.32. The highest BCUT2D eigenvalue weighted by atomic mass is 19.1. The van der Waals surface area contributed by atoms with Gasteiger partial charge in [-0.15, -0.1) is 0 Å². The average Bonchev–Trinajstić information content (AvgIpc) is 3.25. The number of methoxy groups -OCH3 is 1. The van der Waals surface area contributed by atoms with Crippen LogP contribution in [0.3, 0.4) is 0 Å². The summed E-state index contributed by atoms with van der Waals surface area (Å²) in [6.07, 6.45) is 4.52. The fraction of sp³-hybridized carbons (Fsp3) is 0.182. The lowest BCUT2D eigenvalue weighted by Crippen LogP contribution is -2.06. The fourth-order valence-corrected chi connectivity index (χ4v) is 2.99. The van der Waals surface area contributed by atoms with Gasteiger partial charge in [0.15, 0.2) is 5.82 Å². The number of pyridine rings is 1. The van der Waals surface area contributed by atoms with Crippen LogP contribution >= 0.6 is 0 Å². The second kappa shape index (κ2) is 9.66. The lowest BCUT2D eigenvalue weighted by molar-refractivity contribution is 0.414. The third-order valence-corrected chi connectivity index (χ3v) is 4.58. The van der Waals surface area contributed by atoms with Gasteiger partial charge >= 0.3 is 0 Å². The maximum absolute atomic E-state index is 12.9. The molecule has 0 saturated heterocycles. The molecule has 3 heterocycles. The minimum absolute atomic E-state index is 0.368. The van der Waals surface area contributed by atoms with Crippen molar-refractivity contribution in [2.24, 2.45) is 0 Å². The summed E-state index contributed by atoms with van der Waals surface area (Å²) in [5.74, 6) is 2.20. The highest BCUT2D eigenvalue weighted by molar-refractivity contribution is 5.53. The lowest BCUT2D eigenvalue weighted by atomic mass is 10.1. The molecule has 0 atom stereocenters. The highest BCUT2D eigenvalue weighted by Crippen LogP contribution is 2.17. The molecule has 158 valence electrons. The molecular weight excluding hydrogens is 397 g/mol. The molecule has 0 spiro atoms. The van der Waals surface area contributed by atoms with E-state index in [9.17, 15) is 4.39 Å². The fourth-order valence-electron chi connectivity index (χ4n) is 2.99. The maximum Gasteiger partial charge on any atom is 0.224 e. The first-order valence-corrected chi connectivity index (χ1v) is 9.79. The number of aryl methyl sites for hydroxylation is 2. The summed E-state index contributed by atoms with van der Waals surface area (Å²) in [7, 11) is 1.67. The number of H-pyrrole nitrogens is 1. The van der Waals surface area contributed by atoms with Crippen LogP contribution in [0.25, 0.3) is 0 Å². The molecule has 3 N–H and O–H groups in total. The molecule has 31 heavy (non-hydrogen) atoms. The molecule has 0 fully saturated rings. The summed E-state index contributed by atoms with van der Waals surface area (Å²) in [5, 5.41) is 13.6. The Hall–Kier alpha value is -4.01. The second-order valence-corrected chi connectivity index (χ2v) is 6.84. The molecule has 0 aliphatic heterocycles. The zero-order valence-corrected chi connectivity index (χ0v) is 17.0. The Kier molecular flexibility index (Phi) is 6.32. The molecule has 0 amide bonds. The molecule has 4 aromatic rings. The SMILES string of the molecule is COc1cccc(CCc2cc(Nc3ccnc(NCc4ccc(F)cn4)n3)n[nH]2)c1. The molecule has 1 aromatic carbocycles. The van der Waals surface area contributed by atoms with Gasteiger partial charge in [-0.25, -0.2) is 9.37 Å². The maximum atomic E-state index is 12.9. The van der Waals surface area contributed by atoms with Crippen LogP contribution in [0.15, 0.2) is 60.9 Å². The second-order valence-electron chi connectivity index (χ2n) is 6.84. The zero-order valence-electron chi connectivity index (χ0n) is 17.0. The Morgan fingerprint density at radius 2 is 1.97 bits per heavy atom. The number of ether oxygens (including phenoxy) is 1. The van der Waals surface area contributed by atoms with Gasteiger partial charge in [0.25, 0.3) is 0 Å². The summed E-state index contributed by atoms with van der Waals surface area (Å²) in [6, 6.07) is 14.7. The van der Waals surface area contributed by atoms with Crippen LogP contribution in [0, 0.1) is 5.82 Å². The van der Waals surface area contributed by atoms with Crippen molar-refractivity contribution in [1.29, 1.82) is 0 Å². The van der Waals surface area contributed by atoms with Crippen LogP contribution in [-0.2, 0) is 19.4 Å². The van der Waals surface area contributed by atoms with Crippen LogP contribution in [0.2, 0.25) is 0 Å². The number of nitrogens with zero attached hydrogens (tertiary/aromatic N) is 4. The normalized spacial score (nSPS) is 10.6. The quantitative estimate of drug-likeness (QED) is 0.378. The topological polar surface area (TPSA) is 101 Å². The van der Waals surface area contributed by atoms with Crippen molar-refractivity contribution in [3.8, 4) is 5.75 Å². The number of nitrogens with one attached hydrogen (secondary N) is 3. The molecule has 0 bridgehead atoms. The molecule has 8 nitrogen and oxygen atoms in total. The summed E-state index contributed by atoms with van der Waals surface area (Å²) >= 11 is 0. The van der Waals surface area contributed by atoms with Gasteiger partial charge in [-0.05, 0) is 48.7 Å². The minimum Gasteiger partial charge on any atom is -0.497 e. The van der Waals surface area contributed by atoms with E-state index >= 15 is 0 Å². The van der Waals surface area contributed by atoms with E-state index in [4.69, 9.17) is 4.74 Å². The molecule has 9 heteroatoms. The summed E-state index contributed by atoms with van der Waals surface area (Å²) in [6.45, 7) is 0.389. The van der Waals surface area contributed by atoms with Crippen LogP contribution in [0.4, 0.5) is 22.0 Å². The average molecular weight is 419 g/mol. The Morgan fingerprint density at radius 1 is 1.03 bits per heavy atom. The van der Waals surface area contributed by atoms with Crippen LogP contribution < -0.4 is 15.4 Å². The molecule has 0 unspecified atom stereocenters. The molecular formula is C22H22FN7O. The van der Waals surface area contributed by atoms with Crippen molar-refractivity contribution in [3.05, 3.63) is 83.7 Å². The first kappa shape index (κ1) is 20.3. The van der Waals surface area contributed by atoms with Gasteiger partial charge in [0.1, 0.15) is 17.4 Å². The van der Waals surface area contributed by atoms with E-state index in [1.54, 1.807) is 25.4 Å². The number of hydrogen-bond donors (Lipinski definition) is 3. The number of aromatic nitrogens is 5. The van der Waals surface area contributed by atoms with Crippen molar-refractivity contribution in [1.82, 2.24) is 25.1 Å². The van der Waals surface area contributed by atoms with E-state index in [0.29, 0.717) is 29.8 Å². The van der Waals surface area contributed by atoms with Crippen molar-refractivity contribution >= 4 is 17.6 Å². The number of halogens is 1. The van der Waals surface area contributed by atoms with Gasteiger partial charge in [0.05, 0.1) is 25.5 Å². The van der Waals surface area contributed by atoms with E-state index in [1.807, 2.05) is 24.3 Å². The first-order valence-electron chi connectivity index (χ1n) is 9.79. The van der Waals surface area contributed by atoms with Gasteiger partial charge in [0.2, 0.25) is 5.95 Å². The predicted octanol–water partition coefficient (Wildman–Crippen LogP) is 3.88. The third-order valence-electron chi connectivity index (χ3n) is 4.58. The van der Waals surface area contributed by atoms with E-state index in [2.05, 4.69) is 41.8 Å². The van der Waals surface area contributed by atoms with E-state index < -0.39 is 0 Å². The van der Waals surface area contributed by atoms with Gasteiger partial charge < -0.3 is 15.4 Å².